The van der Waals surface area contributed by atoms with Crippen LogP contribution in [0.25, 0.3) is 16.7 Å². The van der Waals surface area contributed by atoms with E-state index in [-0.39, 0.29) is 16.4 Å². The second kappa shape index (κ2) is 7.52. The van der Waals surface area contributed by atoms with E-state index in [9.17, 15) is 9.18 Å². The van der Waals surface area contributed by atoms with Crippen molar-refractivity contribution in [3.63, 3.8) is 0 Å². The van der Waals surface area contributed by atoms with E-state index in [0.717, 1.165) is 0 Å². The number of aromatic nitrogens is 3. The number of benzene rings is 2. The maximum Gasteiger partial charge on any atom is 0.258 e. The number of hydrogen-bond donors (Lipinski definition) is 1. The van der Waals surface area contributed by atoms with Crippen molar-refractivity contribution in [2.45, 2.75) is 6.92 Å². The molecule has 4 rings (SSSR count). The van der Waals surface area contributed by atoms with Crippen molar-refractivity contribution in [3.8, 4) is 11.4 Å². The molecule has 0 radical (unpaired) electrons. The van der Waals surface area contributed by atoms with Gasteiger partial charge in [-0.05, 0) is 43.3 Å². The molecule has 0 aliphatic rings. The molecule has 0 fully saturated rings. The van der Waals surface area contributed by atoms with E-state index in [1.54, 1.807) is 41.9 Å². The number of pyridine rings is 1. The van der Waals surface area contributed by atoms with Crippen LogP contribution < -0.4 is 10.1 Å². The summed E-state index contributed by atoms with van der Waals surface area (Å²) in [5, 5.41) is 8.05. The van der Waals surface area contributed by atoms with Crippen molar-refractivity contribution in [2.24, 2.45) is 0 Å². The highest BCUT2D eigenvalue weighted by atomic mass is 35.5. The number of hydrogen-bond acceptors (Lipinski definition) is 4. The molecule has 0 aliphatic heterocycles. The Kier molecular flexibility index (Phi) is 4.90. The van der Waals surface area contributed by atoms with Crippen LogP contribution in [0.4, 0.5) is 10.1 Å². The zero-order valence-electron chi connectivity index (χ0n) is 15.6. The average Bonchev–Trinajstić information content (AvgIpc) is 3.06. The lowest BCUT2D eigenvalue weighted by atomic mass is 10.2. The molecule has 2 aromatic carbocycles. The first-order chi connectivity index (χ1) is 14.0. The fourth-order valence-corrected chi connectivity index (χ4v) is 3.42. The van der Waals surface area contributed by atoms with E-state index in [4.69, 9.17) is 16.3 Å². The molecule has 1 amide bonds. The predicted octanol–water partition coefficient (Wildman–Crippen LogP) is 4.78. The number of carbonyl (C=O) groups is 1. The topological polar surface area (TPSA) is 69.0 Å². The summed E-state index contributed by atoms with van der Waals surface area (Å²) in [6.45, 7) is 1.78. The lowest BCUT2D eigenvalue weighted by Crippen LogP contribution is -2.14. The van der Waals surface area contributed by atoms with E-state index in [2.05, 4.69) is 15.4 Å². The minimum Gasteiger partial charge on any atom is -0.495 e. The Morgan fingerprint density at radius 2 is 1.90 bits per heavy atom. The number of ether oxygens (including phenoxy) is 1. The summed E-state index contributed by atoms with van der Waals surface area (Å²) in [5.41, 5.74) is 2.46. The van der Waals surface area contributed by atoms with Crippen LogP contribution >= 0.6 is 11.6 Å². The molecule has 146 valence electrons. The molecular weight excluding hydrogens is 395 g/mol. The van der Waals surface area contributed by atoms with Gasteiger partial charge in [0.1, 0.15) is 11.6 Å². The zero-order chi connectivity index (χ0) is 20.5. The van der Waals surface area contributed by atoms with Crippen LogP contribution in [0, 0.1) is 12.7 Å². The van der Waals surface area contributed by atoms with E-state index in [0.29, 0.717) is 33.9 Å². The normalized spacial score (nSPS) is 10.9. The van der Waals surface area contributed by atoms with Gasteiger partial charge in [0.2, 0.25) is 0 Å². The fourth-order valence-electron chi connectivity index (χ4n) is 3.07. The average molecular weight is 411 g/mol. The summed E-state index contributed by atoms with van der Waals surface area (Å²) < 4.78 is 20.1. The fraction of sp³-hybridized carbons (Fsp3) is 0.0952. The van der Waals surface area contributed by atoms with Gasteiger partial charge in [0.05, 0.1) is 40.2 Å². The maximum atomic E-state index is 13.2. The molecule has 0 bridgehead atoms. The van der Waals surface area contributed by atoms with Crippen molar-refractivity contribution < 1.29 is 13.9 Å². The highest BCUT2D eigenvalue weighted by molar-refractivity contribution is 6.39. The van der Waals surface area contributed by atoms with Gasteiger partial charge in [0.25, 0.3) is 5.91 Å². The Labute approximate surface area is 170 Å². The SMILES string of the molecule is COc1ccccc1NC(=O)c1cnc2c(c(C)nn2-c2ccc(F)cc2)c1Cl. The van der Waals surface area contributed by atoms with Crippen molar-refractivity contribution >= 4 is 34.2 Å². The van der Waals surface area contributed by atoms with Gasteiger partial charge in [-0.2, -0.15) is 5.10 Å². The van der Waals surface area contributed by atoms with Crippen LogP contribution in [-0.2, 0) is 0 Å². The number of nitrogens with one attached hydrogen (secondary N) is 1. The molecule has 0 unspecified atom stereocenters. The predicted molar refractivity (Wildman–Crippen MR) is 110 cm³/mol. The molecule has 0 saturated heterocycles. The smallest absolute Gasteiger partial charge is 0.258 e. The van der Waals surface area contributed by atoms with Gasteiger partial charge in [-0.15, -0.1) is 0 Å². The van der Waals surface area contributed by atoms with Gasteiger partial charge >= 0.3 is 0 Å². The molecule has 2 aromatic heterocycles. The molecular formula is C21H16ClFN4O2. The third-order valence-corrected chi connectivity index (χ3v) is 4.87. The van der Waals surface area contributed by atoms with E-state index < -0.39 is 5.91 Å². The molecule has 4 aromatic rings. The Balaban J connectivity index is 1.76. The number of methoxy groups -OCH3 is 1. The Hall–Kier alpha value is -3.45. The van der Waals surface area contributed by atoms with Crippen molar-refractivity contribution in [3.05, 3.63) is 76.8 Å². The summed E-state index contributed by atoms with van der Waals surface area (Å²) in [5.74, 6) is -0.225. The number of rotatable bonds is 4. The number of aryl methyl sites for hydroxylation is 1. The van der Waals surface area contributed by atoms with Crippen molar-refractivity contribution in [2.75, 3.05) is 12.4 Å². The molecule has 0 spiro atoms. The highest BCUT2D eigenvalue weighted by Crippen LogP contribution is 2.31. The van der Waals surface area contributed by atoms with E-state index in [1.807, 2.05) is 6.07 Å². The van der Waals surface area contributed by atoms with E-state index >= 15 is 0 Å². The molecule has 0 atom stereocenters. The molecule has 29 heavy (non-hydrogen) atoms. The number of fused-ring (bicyclic) bond motifs is 1. The minimum absolute atomic E-state index is 0.215. The number of para-hydroxylation sites is 2. The second-order valence-electron chi connectivity index (χ2n) is 6.31. The number of anilines is 1. The van der Waals surface area contributed by atoms with Gasteiger partial charge in [-0.1, -0.05) is 23.7 Å². The monoisotopic (exact) mass is 410 g/mol. The lowest BCUT2D eigenvalue weighted by Gasteiger charge is -2.11. The first kappa shape index (κ1) is 18.9. The minimum atomic E-state index is -0.414. The second-order valence-corrected chi connectivity index (χ2v) is 6.69. The molecule has 1 N–H and O–H groups in total. The maximum absolute atomic E-state index is 13.2. The van der Waals surface area contributed by atoms with Crippen LogP contribution in [0.1, 0.15) is 16.1 Å². The summed E-state index contributed by atoms with van der Waals surface area (Å²) in [4.78, 5) is 17.2. The first-order valence-electron chi connectivity index (χ1n) is 8.73. The van der Waals surface area contributed by atoms with Gasteiger partial charge < -0.3 is 10.1 Å². The first-order valence-corrected chi connectivity index (χ1v) is 9.11. The van der Waals surface area contributed by atoms with Crippen LogP contribution in [-0.4, -0.2) is 27.8 Å². The van der Waals surface area contributed by atoms with Gasteiger partial charge in [0.15, 0.2) is 5.65 Å². The van der Waals surface area contributed by atoms with Crippen LogP contribution in [0.3, 0.4) is 0 Å². The molecule has 8 heteroatoms. The molecule has 2 heterocycles. The third-order valence-electron chi connectivity index (χ3n) is 4.48. The van der Waals surface area contributed by atoms with Crippen molar-refractivity contribution in [1.29, 1.82) is 0 Å². The van der Waals surface area contributed by atoms with E-state index in [1.165, 1.54) is 25.4 Å². The molecule has 0 aliphatic carbocycles. The van der Waals surface area contributed by atoms with Crippen LogP contribution in [0.5, 0.6) is 5.75 Å². The summed E-state index contributed by atoms with van der Waals surface area (Å²) in [6, 6.07) is 13.0. The lowest BCUT2D eigenvalue weighted by molar-refractivity contribution is 0.102. The largest absolute Gasteiger partial charge is 0.495 e. The van der Waals surface area contributed by atoms with Gasteiger partial charge in [0, 0.05) is 6.20 Å². The summed E-state index contributed by atoms with van der Waals surface area (Å²) >= 11 is 6.56. The number of halogens is 2. The Bertz CT molecular complexity index is 1220. The third kappa shape index (κ3) is 3.40. The quantitative estimate of drug-likeness (QED) is 0.525. The number of amides is 1. The van der Waals surface area contributed by atoms with Crippen LogP contribution in [0.15, 0.2) is 54.7 Å². The van der Waals surface area contributed by atoms with Gasteiger partial charge in [-0.25, -0.2) is 14.1 Å². The Morgan fingerprint density at radius 3 is 2.62 bits per heavy atom. The van der Waals surface area contributed by atoms with Crippen LogP contribution in [0.2, 0.25) is 5.02 Å². The number of carbonyl (C=O) groups excluding carboxylic acids is 1. The zero-order valence-corrected chi connectivity index (χ0v) is 16.4. The Morgan fingerprint density at radius 1 is 1.17 bits per heavy atom. The standard InChI is InChI=1S/C21H16ClFN4O2/c1-12-18-19(22)15(21(28)25-16-5-3-4-6-17(16)29-2)11-24-20(18)27(26-12)14-9-7-13(23)8-10-14/h3-11H,1-2H3,(H,25,28). The summed E-state index contributed by atoms with van der Waals surface area (Å²) in [6.07, 6.45) is 1.40. The van der Waals surface area contributed by atoms with Crippen molar-refractivity contribution in [1.82, 2.24) is 14.8 Å². The molecule has 0 saturated carbocycles. The molecule has 6 nitrogen and oxygen atoms in total. The van der Waals surface area contributed by atoms with Gasteiger partial charge in [-0.3, -0.25) is 4.79 Å². The summed E-state index contributed by atoms with van der Waals surface area (Å²) in [7, 11) is 1.53. The highest BCUT2D eigenvalue weighted by Gasteiger charge is 2.20. The number of nitrogens with zero attached hydrogens (tertiary/aromatic N) is 3.